The number of nitrogens with zero attached hydrogens (tertiary/aromatic N) is 4. The van der Waals surface area contributed by atoms with Crippen molar-refractivity contribution in [2.75, 3.05) is 23.3 Å². The van der Waals surface area contributed by atoms with Gasteiger partial charge in [0.15, 0.2) is 0 Å². The second-order valence-electron chi connectivity index (χ2n) is 7.03. The third-order valence-electron chi connectivity index (χ3n) is 5.05. The Bertz CT molecular complexity index is 1050. The van der Waals surface area contributed by atoms with Gasteiger partial charge in [-0.15, -0.1) is 0 Å². The average Bonchev–Trinajstić information content (AvgIpc) is 3.25. The number of para-hydroxylation sites is 1. The number of hydrogen-bond acceptors (Lipinski definition) is 5. The molecule has 1 aromatic heterocycles. The number of anilines is 2. The fourth-order valence-corrected chi connectivity index (χ4v) is 3.45. The summed E-state index contributed by atoms with van der Waals surface area (Å²) in [5.74, 6) is -0.287. The Morgan fingerprint density at radius 2 is 1.93 bits per heavy atom. The van der Waals surface area contributed by atoms with E-state index in [4.69, 9.17) is 0 Å². The van der Waals surface area contributed by atoms with Crippen LogP contribution in [-0.2, 0) is 0 Å². The topological polar surface area (TPSA) is 94.2 Å². The molecule has 2 heterocycles. The Balaban J connectivity index is 1.49. The predicted molar refractivity (Wildman–Crippen MR) is 110 cm³/mol. The molecule has 2 N–H and O–H groups in total. The van der Waals surface area contributed by atoms with Crippen LogP contribution in [0.2, 0.25) is 0 Å². The third-order valence-corrected chi connectivity index (χ3v) is 5.05. The van der Waals surface area contributed by atoms with E-state index in [-0.39, 0.29) is 12.0 Å². The number of aliphatic hydroxyl groups is 1. The molecule has 146 valence electrons. The van der Waals surface area contributed by atoms with Gasteiger partial charge in [0.05, 0.1) is 34.8 Å². The molecule has 0 aliphatic carbocycles. The number of nitrogens with one attached hydrogen (secondary N) is 1. The Morgan fingerprint density at radius 3 is 2.66 bits per heavy atom. The monoisotopic (exact) mass is 387 g/mol. The molecule has 2 aromatic carbocycles. The lowest BCUT2D eigenvalue weighted by atomic mass is 10.0. The van der Waals surface area contributed by atoms with Gasteiger partial charge in [-0.2, -0.15) is 10.4 Å². The zero-order valence-electron chi connectivity index (χ0n) is 15.8. The first-order valence-corrected chi connectivity index (χ1v) is 9.52. The Hall–Kier alpha value is -3.63. The molecule has 7 heteroatoms. The highest BCUT2D eigenvalue weighted by atomic mass is 16.3. The van der Waals surface area contributed by atoms with Crippen LogP contribution >= 0.6 is 0 Å². The maximum Gasteiger partial charge on any atom is 0.258 e. The number of benzene rings is 2. The first-order chi connectivity index (χ1) is 14.1. The Morgan fingerprint density at radius 1 is 1.17 bits per heavy atom. The maximum atomic E-state index is 12.6. The van der Waals surface area contributed by atoms with Crippen molar-refractivity contribution in [2.24, 2.45) is 0 Å². The minimum atomic E-state index is -0.287. The van der Waals surface area contributed by atoms with Crippen molar-refractivity contribution in [3.63, 3.8) is 0 Å². The lowest BCUT2D eigenvalue weighted by Crippen LogP contribution is -2.36. The maximum absolute atomic E-state index is 12.6. The molecule has 0 unspecified atom stereocenters. The summed E-state index contributed by atoms with van der Waals surface area (Å²) >= 11 is 0. The molecule has 0 saturated carbocycles. The number of nitriles is 1. The molecular formula is C22H21N5O2. The first kappa shape index (κ1) is 18.7. The van der Waals surface area contributed by atoms with E-state index in [2.05, 4.69) is 21.4 Å². The average molecular weight is 387 g/mol. The number of aromatic nitrogens is 2. The summed E-state index contributed by atoms with van der Waals surface area (Å²) in [6.45, 7) is 1.42. The van der Waals surface area contributed by atoms with Crippen LogP contribution < -0.4 is 10.2 Å². The van der Waals surface area contributed by atoms with Gasteiger partial charge >= 0.3 is 0 Å². The minimum absolute atomic E-state index is 0.271. The van der Waals surface area contributed by atoms with Crippen molar-refractivity contribution in [1.82, 2.24) is 9.78 Å². The normalized spacial score (nSPS) is 14.4. The number of rotatable bonds is 4. The van der Waals surface area contributed by atoms with Gasteiger partial charge in [0.25, 0.3) is 5.91 Å². The van der Waals surface area contributed by atoms with Gasteiger partial charge in [0, 0.05) is 25.0 Å². The molecule has 0 bridgehead atoms. The highest BCUT2D eigenvalue weighted by Crippen LogP contribution is 2.27. The quantitative estimate of drug-likeness (QED) is 0.718. The number of carbonyl (C=O) groups is 1. The van der Waals surface area contributed by atoms with E-state index in [0.29, 0.717) is 42.7 Å². The molecule has 4 rings (SSSR count). The molecule has 1 amide bonds. The van der Waals surface area contributed by atoms with Crippen molar-refractivity contribution < 1.29 is 9.90 Å². The zero-order chi connectivity index (χ0) is 20.2. The standard InChI is InChI=1S/C22H21N5O2/c23-13-16-12-18(6-7-21(16)26-10-8-20(28)9-11-26)25-22(29)17-14-24-27(15-17)19-4-2-1-3-5-19/h1-7,12,14-15,20,28H,8-11H2,(H,25,29). The van der Waals surface area contributed by atoms with Crippen LogP contribution in [0.25, 0.3) is 5.69 Å². The first-order valence-electron chi connectivity index (χ1n) is 9.52. The summed E-state index contributed by atoms with van der Waals surface area (Å²) in [5, 5.41) is 26.3. The van der Waals surface area contributed by atoms with E-state index in [1.165, 1.54) is 6.20 Å². The van der Waals surface area contributed by atoms with Crippen molar-refractivity contribution >= 4 is 17.3 Å². The van der Waals surface area contributed by atoms with Crippen molar-refractivity contribution in [2.45, 2.75) is 18.9 Å². The predicted octanol–water partition coefficient (Wildman–Crippen LogP) is 2.96. The van der Waals surface area contributed by atoms with Crippen LogP contribution in [-0.4, -0.2) is 40.0 Å². The summed E-state index contributed by atoms with van der Waals surface area (Å²) in [5.41, 5.74) is 3.18. The lowest BCUT2D eigenvalue weighted by Gasteiger charge is -2.32. The summed E-state index contributed by atoms with van der Waals surface area (Å²) in [7, 11) is 0. The number of aliphatic hydroxyl groups excluding tert-OH is 1. The lowest BCUT2D eigenvalue weighted by molar-refractivity contribution is 0.102. The third kappa shape index (κ3) is 4.13. The van der Waals surface area contributed by atoms with Crippen LogP contribution in [0, 0.1) is 11.3 Å². The van der Waals surface area contributed by atoms with Crippen LogP contribution in [0.3, 0.4) is 0 Å². The second kappa shape index (κ2) is 8.17. The smallest absolute Gasteiger partial charge is 0.258 e. The van der Waals surface area contributed by atoms with Crippen LogP contribution in [0.1, 0.15) is 28.8 Å². The molecule has 1 fully saturated rings. The molecule has 29 heavy (non-hydrogen) atoms. The summed E-state index contributed by atoms with van der Waals surface area (Å²) < 4.78 is 1.64. The molecule has 7 nitrogen and oxygen atoms in total. The van der Waals surface area contributed by atoms with Gasteiger partial charge in [-0.3, -0.25) is 4.79 Å². The van der Waals surface area contributed by atoms with Crippen molar-refractivity contribution in [1.29, 1.82) is 5.26 Å². The molecule has 3 aromatic rings. The van der Waals surface area contributed by atoms with Crippen LogP contribution in [0.5, 0.6) is 0 Å². The largest absolute Gasteiger partial charge is 0.393 e. The molecule has 0 atom stereocenters. The van der Waals surface area contributed by atoms with Crippen molar-refractivity contribution in [3.8, 4) is 11.8 Å². The molecule has 1 aliphatic rings. The van der Waals surface area contributed by atoms with Gasteiger partial charge in [-0.25, -0.2) is 4.68 Å². The zero-order valence-corrected chi connectivity index (χ0v) is 15.8. The van der Waals surface area contributed by atoms with Crippen molar-refractivity contribution in [3.05, 3.63) is 72.1 Å². The minimum Gasteiger partial charge on any atom is -0.393 e. The molecular weight excluding hydrogens is 366 g/mol. The Kier molecular flexibility index (Phi) is 5.27. The summed E-state index contributed by atoms with van der Waals surface area (Å²) in [6.07, 6.45) is 4.29. The number of piperidine rings is 1. The highest BCUT2D eigenvalue weighted by Gasteiger charge is 2.20. The molecule has 1 saturated heterocycles. The van der Waals surface area contributed by atoms with Gasteiger partial charge in [-0.1, -0.05) is 18.2 Å². The highest BCUT2D eigenvalue weighted by molar-refractivity contribution is 6.04. The summed E-state index contributed by atoms with van der Waals surface area (Å²) in [6, 6.07) is 17.1. The van der Waals surface area contributed by atoms with E-state index in [1.54, 1.807) is 23.0 Å². The van der Waals surface area contributed by atoms with E-state index in [0.717, 1.165) is 11.4 Å². The van der Waals surface area contributed by atoms with Gasteiger partial charge in [-0.05, 0) is 43.2 Å². The van der Waals surface area contributed by atoms with E-state index in [1.807, 2.05) is 36.4 Å². The molecule has 0 spiro atoms. The number of hydrogen-bond donors (Lipinski definition) is 2. The number of carbonyl (C=O) groups excluding carboxylic acids is 1. The Labute approximate surface area is 168 Å². The fourth-order valence-electron chi connectivity index (χ4n) is 3.45. The fraction of sp³-hybridized carbons (Fsp3) is 0.227. The second-order valence-corrected chi connectivity index (χ2v) is 7.03. The van der Waals surface area contributed by atoms with Gasteiger partial charge in [0.1, 0.15) is 6.07 Å². The SMILES string of the molecule is N#Cc1cc(NC(=O)c2cnn(-c3ccccc3)c2)ccc1N1CCC(O)CC1. The van der Waals surface area contributed by atoms with Crippen LogP contribution in [0.15, 0.2) is 60.9 Å². The van der Waals surface area contributed by atoms with Gasteiger partial charge < -0.3 is 15.3 Å². The van der Waals surface area contributed by atoms with Crippen LogP contribution in [0.4, 0.5) is 11.4 Å². The van der Waals surface area contributed by atoms with E-state index in [9.17, 15) is 15.2 Å². The van der Waals surface area contributed by atoms with E-state index < -0.39 is 0 Å². The number of amides is 1. The summed E-state index contributed by atoms with van der Waals surface area (Å²) in [4.78, 5) is 14.7. The van der Waals surface area contributed by atoms with Gasteiger partial charge in [0.2, 0.25) is 0 Å². The van der Waals surface area contributed by atoms with E-state index >= 15 is 0 Å². The molecule has 0 radical (unpaired) electrons. The molecule has 1 aliphatic heterocycles.